The van der Waals surface area contributed by atoms with E-state index in [1.165, 1.54) is 4.90 Å². The van der Waals surface area contributed by atoms with Crippen LogP contribution in [0.4, 0.5) is 0 Å². The fraction of sp³-hybridized carbons (Fsp3) is 0.286. The molecule has 5 rings (SSSR count). The number of amides is 2. The van der Waals surface area contributed by atoms with E-state index in [2.05, 4.69) is 9.97 Å². The lowest BCUT2D eigenvalue weighted by Crippen LogP contribution is -2.43. The third-order valence-electron chi connectivity index (χ3n) is 6.78. The monoisotopic (exact) mass is 527 g/mol. The zero-order valence-corrected chi connectivity index (χ0v) is 21.8. The lowest BCUT2D eigenvalue weighted by Gasteiger charge is -2.28. The van der Waals surface area contributed by atoms with E-state index in [1.54, 1.807) is 29.3 Å². The van der Waals surface area contributed by atoms with Gasteiger partial charge in [-0.1, -0.05) is 61.8 Å². The molecule has 2 amide bonds. The lowest BCUT2D eigenvalue weighted by molar-refractivity contribution is -0.132. The van der Waals surface area contributed by atoms with Crippen molar-refractivity contribution in [1.82, 2.24) is 19.8 Å². The number of nitrogens with two attached hydrogens (primary N) is 1. The average molecular weight is 528 g/mol. The molecule has 0 aliphatic carbocycles. The van der Waals surface area contributed by atoms with E-state index in [0.29, 0.717) is 34.8 Å². The quantitative estimate of drug-likeness (QED) is 0.519. The Bertz CT molecular complexity index is 1500. The van der Waals surface area contributed by atoms with Crippen molar-refractivity contribution in [1.29, 1.82) is 5.26 Å². The minimum absolute atomic E-state index is 0.0663. The average Bonchev–Trinajstić information content (AvgIpc) is 3.44. The zero-order chi connectivity index (χ0) is 27.0. The Kier molecular flexibility index (Phi) is 6.59. The van der Waals surface area contributed by atoms with Crippen molar-refractivity contribution in [2.24, 2.45) is 16.6 Å². The summed E-state index contributed by atoms with van der Waals surface area (Å²) in [4.78, 5) is 43.2. The third kappa shape index (κ3) is 4.48. The van der Waals surface area contributed by atoms with Gasteiger partial charge in [0.1, 0.15) is 6.07 Å². The van der Waals surface area contributed by atoms with Crippen LogP contribution in [0, 0.1) is 17.2 Å². The first-order chi connectivity index (χ1) is 18.2. The highest BCUT2D eigenvalue weighted by Crippen LogP contribution is 2.39. The minimum Gasteiger partial charge on any atom is -0.369 e. The second-order valence-electron chi connectivity index (χ2n) is 9.94. The summed E-state index contributed by atoms with van der Waals surface area (Å²) >= 11 is 6.44. The van der Waals surface area contributed by atoms with Gasteiger partial charge in [0.2, 0.25) is 5.82 Å². The van der Waals surface area contributed by atoms with Gasteiger partial charge in [0, 0.05) is 18.3 Å². The first-order valence-corrected chi connectivity index (χ1v) is 12.6. The van der Waals surface area contributed by atoms with Gasteiger partial charge in [-0.3, -0.25) is 14.5 Å². The Balaban J connectivity index is 1.39. The van der Waals surface area contributed by atoms with E-state index in [9.17, 15) is 9.59 Å². The summed E-state index contributed by atoms with van der Waals surface area (Å²) in [6, 6.07) is 16.5. The van der Waals surface area contributed by atoms with Gasteiger partial charge < -0.3 is 10.6 Å². The summed E-state index contributed by atoms with van der Waals surface area (Å²) in [6.07, 6.45) is 2.09. The maximum Gasteiger partial charge on any atom is 0.262 e. The van der Waals surface area contributed by atoms with Crippen molar-refractivity contribution >= 4 is 29.4 Å². The third-order valence-corrected chi connectivity index (χ3v) is 7.11. The normalized spacial score (nSPS) is 18.5. The molecule has 0 saturated carbocycles. The molecule has 9 nitrogen and oxygen atoms in total. The maximum absolute atomic E-state index is 13.8. The summed E-state index contributed by atoms with van der Waals surface area (Å²) in [5.41, 5.74) is 8.47. The van der Waals surface area contributed by atoms with Crippen LogP contribution < -0.4 is 5.73 Å². The molecule has 1 atom stereocenters. The predicted octanol–water partition coefficient (Wildman–Crippen LogP) is 3.76. The molecule has 2 aromatic carbocycles. The highest BCUT2D eigenvalue weighted by molar-refractivity contribution is 6.33. The SMILES string of the molecule is CC(C)CC1(c2ccccc2)N=C(N)N(Cc2ccc(Cl)c(C(=O)N3Cc4cnc(C#N)nc4C3)c2)C1=O. The van der Waals surface area contributed by atoms with Crippen molar-refractivity contribution in [2.45, 2.75) is 45.4 Å². The molecule has 38 heavy (non-hydrogen) atoms. The van der Waals surface area contributed by atoms with Crippen LogP contribution in [0.25, 0.3) is 0 Å². The standard InChI is InChI=1S/C28H26ClN7O2/c1-17(2)11-28(20-6-4-3-5-7-20)26(38)36(27(31)34-28)14-18-8-9-22(29)21(10-18)25(37)35-15-19-13-32-24(12-30)33-23(19)16-35/h3-10,13,17H,11,14-16H2,1-2H3,(H2,31,34). The number of hydrogen-bond acceptors (Lipinski definition) is 7. The number of guanidine groups is 1. The number of carbonyl (C=O) groups is 2. The molecule has 0 fully saturated rings. The zero-order valence-electron chi connectivity index (χ0n) is 21.1. The van der Waals surface area contributed by atoms with E-state index in [1.807, 2.05) is 50.2 Å². The van der Waals surface area contributed by atoms with Crippen LogP contribution in [0.1, 0.15) is 58.8 Å². The van der Waals surface area contributed by atoms with E-state index in [4.69, 9.17) is 27.6 Å². The van der Waals surface area contributed by atoms with E-state index in [0.717, 1.165) is 11.1 Å². The topological polar surface area (TPSA) is 129 Å². The second kappa shape index (κ2) is 9.88. The van der Waals surface area contributed by atoms with Crippen LogP contribution in [0.3, 0.4) is 0 Å². The first-order valence-electron chi connectivity index (χ1n) is 12.3. The Hall–Kier alpha value is -4.29. The summed E-state index contributed by atoms with van der Waals surface area (Å²) in [5.74, 6) is -0.0597. The fourth-order valence-corrected chi connectivity index (χ4v) is 5.26. The van der Waals surface area contributed by atoms with Crippen LogP contribution in [-0.4, -0.2) is 37.5 Å². The molecule has 0 radical (unpaired) electrons. The van der Waals surface area contributed by atoms with Gasteiger partial charge in [-0.05, 0) is 35.6 Å². The summed E-state index contributed by atoms with van der Waals surface area (Å²) in [6.45, 7) is 4.82. The lowest BCUT2D eigenvalue weighted by atomic mass is 9.82. The van der Waals surface area contributed by atoms with Crippen LogP contribution in [0.2, 0.25) is 5.02 Å². The van der Waals surface area contributed by atoms with Gasteiger partial charge in [0.15, 0.2) is 11.5 Å². The predicted molar refractivity (Wildman–Crippen MR) is 142 cm³/mol. The van der Waals surface area contributed by atoms with E-state index in [-0.39, 0.29) is 42.6 Å². The molecule has 0 saturated heterocycles. The van der Waals surface area contributed by atoms with Crippen molar-refractivity contribution in [3.05, 3.63) is 93.5 Å². The smallest absolute Gasteiger partial charge is 0.262 e. The number of halogens is 1. The van der Waals surface area contributed by atoms with E-state index < -0.39 is 5.54 Å². The Morgan fingerprint density at radius 3 is 2.68 bits per heavy atom. The number of aromatic nitrogens is 2. The fourth-order valence-electron chi connectivity index (χ4n) is 5.07. The summed E-state index contributed by atoms with van der Waals surface area (Å²) in [5, 5.41) is 9.36. The Morgan fingerprint density at radius 1 is 1.21 bits per heavy atom. The molecule has 2 N–H and O–H groups in total. The summed E-state index contributed by atoms with van der Waals surface area (Å²) in [7, 11) is 0. The van der Waals surface area contributed by atoms with Crippen molar-refractivity contribution < 1.29 is 9.59 Å². The molecule has 0 spiro atoms. The van der Waals surface area contributed by atoms with Gasteiger partial charge >= 0.3 is 0 Å². The van der Waals surface area contributed by atoms with Gasteiger partial charge in [-0.2, -0.15) is 5.26 Å². The molecule has 10 heteroatoms. The number of benzene rings is 2. The summed E-state index contributed by atoms with van der Waals surface area (Å²) < 4.78 is 0. The number of hydrogen-bond donors (Lipinski definition) is 1. The van der Waals surface area contributed by atoms with E-state index >= 15 is 0 Å². The van der Waals surface area contributed by atoms with Crippen LogP contribution >= 0.6 is 11.6 Å². The molecule has 2 aliphatic heterocycles. The highest BCUT2D eigenvalue weighted by atomic mass is 35.5. The second-order valence-corrected chi connectivity index (χ2v) is 10.3. The number of carbonyl (C=O) groups excluding carboxylic acids is 2. The molecule has 3 aromatic rings. The molecular formula is C28H26ClN7O2. The van der Waals surface area contributed by atoms with Crippen molar-refractivity contribution in [3.8, 4) is 6.07 Å². The molecule has 1 aromatic heterocycles. The van der Waals surface area contributed by atoms with Crippen LogP contribution in [0.15, 0.2) is 59.7 Å². The maximum atomic E-state index is 13.8. The van der Waals surface area contributed by atoms with Crippen LogP contribution in [0.5, 0.6) is 0 Å². The largest absolute Gasteiger partial charge is 0.369 e. The Morgan fingerprint density at radius 2 is 1.97 bits per heavy atom. The van der Waals surface area contributed by atoms with Gasteiger partial charge in [0.05, 0.1) is 29.4 Å². The molecule has 2 aliphatic rings. The first kappa shape index (κ1) is 25.4. The van der Waals surface area contributed by atoms with Gasteiger partial charge in [-0.25, -0.2) is 15.0 Å². The Labute approximate surface area is 225 Å². The number of nitriles is 1. The molecule has 3 heterocycles. The number of rotatable bonds is 6. The molecule has 192 valence electrons. The number of fused-ring (bicyclic) bond motifs is 1. The number of nitrogens with zero attached hydrogens (tertiary/aromatic N) is 6. The molecule has 1 unspecified atom stereocenters. The highest BCUT2D eigenvalue weighted by Gasteiger charge is 2.49. The molecular weight excluding hydrogens is 502 g/mol. The van der Waals surface area contributed by atoms with Crippen LogP contribution in [-0.2, 0) is 30.0 Å². The van der Waals surface area contributed by atoms with Gasteiger partial charge in [0.25, 0.3) is 11.8 Å². The van der Waals surface area contributed by atoms with Gasteiger partial charge in [-0.15, -0.1) is 0 Å². The van der Waals surface area contributed by atoms with Crippen molar-refractivity contribution in [3.63, 3.8) is 0 Å². The molecule has 0 bridgehead atoms. The van der Waals surface area contributed by atoms with Crippen molar-refractivity contribution in [2.75, 3.05) is 0 Å². The minimum atomic E-state index is -1.09. The number of aliphatic imine (C=N–C) groups is 1.